The monoisotopic (exact) mass is 672 g/mol. The van der Waals surface area contributed by atoms with Crippen LogP contribution in [0, 0.1) is 6.92 Å². The van der Waals surface area contributed by atoms with Gasteiger partial charge in [0.2, 0.25) is 0 Å². The predicted molar refractivity (Wildman–Crippen MR) is 185 cm³/mol. The Kier molecular flexibility index (Phi) is 13.1. The van der Waals surface area contributed by atoms with Crippen LogP contribution >= 0.6 is 11.3 Å². The predicted octanol–water partition coefficient (Wildman–Crippen LogP) is 7.31. The van der Waals surface area contributed by atoms with Crippen molar-refractivity contribution in [2.45, 2.75) is 58.4 Å². The summed E-state index contributed by atoms with van der Waals surface area (Å²) in [7, 11) is 1.41. The van der Waals surface area contributed by atoms with Crippen molar-refractivity contribution >= 4 is 40.8 Å². The minimum atomic E-state index is -1.28. The molecule has 0 aliphatic carbocycles. The Bertz CT molecular complexity index is 1720. The number of anilines is 1. The number of unbranched alkanes of at least 4 members (excludes halogenated alkanes) is 4. The van der Waals surface area contributed by atoms with Gasteiger partial charge in [0.05, 0.1) is 24.2 Å². The van der Waals surface area contributed by atoms with Gasteiger partial charge in [0.15, 0.2) is 11.5 Å². The van der Waals surface area contributed by atoms with E-state index < -0.39 is 23.9 Å². The number of amides is 2. The lowest BCUT2D eigenvalue weighted by Gasteiger charge is -2.16. The Morgan fingerprint density at radius 1 is 0.833 bits per heavy atom. The van der Waals surface area contributed by atoms with Crippen LogP contribution in [0.2, 0.25) is 0 Å². The summed E-state index contributed by atoms with van der Waals surface area (Å²) in [5, 5.41) is 15.2. The van der Waals surface area contributed by atoms with Crippen LogP contribution in [0.15, 0.2) is 78.9 Å². The third-order valence-electron chi connectivity index (χ3n) is 7.43. The van der Waals surface area contributed by atoms with E-state index in [9.17, 15) is 24.3 Å². The van der Waals surface area contributed by atoms with E-state index in [-0.39, 0.29) is 29.4 Å². The van der Waals surface area contributed by atoms with Gasteiger partial charge in [-0.05, 0) is 85.6 Å². The molecule has 0 saturated heterocycles. The molecule has 1 atom stereocenters. The number of aliphatic carboxylic acids is 1. The molecular weight excluding hydrogens is 632 g/mol. The average molecular weight is 673 g/mol. The van der Waals surface area contributed by atoms with Crippen molar-refractivity contribution in [3.63, 3.8) is 0 Å². The Labute approximate surface area is 284 Å². The summed E-state index contributed by atoms with van der Waals surface area (Å²) in [6, 6.07) is 19.9. The number of esters is 1. The van der Waals surface area contributed by atoms with Crippen molar-refractivity contribution in [2.75, 3.05) is 19.0 Å². The minimum Gasteiger partial charge on any atom is -0.494 e. The molecule has 4 rings (SSSR count). The molecule has 0 radical (unpaired) electrons. The summed E-state index contributed by atoms with van der Waals surface area (Å²) in [6.07, 6.45) is 5.64. The van der Waals surface area contributed by atoms with Crippen molar-refractivity contribution in [1.29, 1.82) is 0 Å². The number of thiophene rings is 1. The molecule has 11 heteroatoms. The molecule has 0 saturated carbocycles. The van der Waals surface area contributed by atoms with E-state index in [1.807, 2.05) is 13.0 Å². The molecule has 1 heterocycles. The molecule has 3 N–H and O–H groups in total. The van der Waals surface area contributed by atoms with E-state index in [2.05, 4.69) is 17.6 Å². The fourth-order valence-corrected chi connectivity index (χ4v) is 5.59. The number of carbonyl (C=O) groups is 4. The van der Waals surface area contributed by atoms with Gasteiger partial charge in [-0.2, -0.15) is 0 Å². The molecule has 0 aliphatic rings. The molecule has 10 nitrogen and oxygen atoms in total. The number of ether oxygens (including phenoxy) is 3. The van der Waals surface area contributed by atoms with Crippen molar-refractivity contribution in [1.82, 2.24) is 5.32 Å². The minimum absolute atomic E-state index is 0.0696. The zero-order valence-corrected chi connectivity index (χ0v) is 28.1. The molecule has 4 aromatic rings. The second-order valence-corrected chi connectivity index (χ2v) is 12.5. The van der Waals surface area contributed by atoms with E-state index in [1.54, 1.807) is 54.6 Å². The largest absolute Gasteiger partial charge is 0.494 e. The van der Waals surface area contributed by atoms with Crippen LogP contribution in [0.3, 0.4) is 0 Å². The number of hydrogen-bond acceptors (Lipinski definition) is 8. The van der Waals surface area contributed by atoms with Gasteiger partial charge >= 0.3 is 11.9 Å². The first-order chi connectivity index (χ1) is 23.2. The number of hydrogen-bond donors (Lipinski definition) is 3. The summed E-state index contributed by atoms with van der Waals surface area (Å²) >= 11 is 1.35. The maximum atomic E-state index is 13.0. The van der Waals surface area contributed by atoms with Gasteiger partial charge in [0.1, 0.15) is 11.8 Å². The third-order valence-corrected chi connectivity index (χ3v) is 8.43. The molecule has 2 amide bonds. The first kappa shape index (κ1) is 35.7. The highest BCUT2D eigenvalue weighted by Crippen LogP contribution is 2.30. The number of benzene rings is 3. The number of aryl methyl sites for hydroxylation is 1. The molecule has 1 aromatic heterocycles. The zero-order valence-electron chi connectivity index (χ0n) is 27.2. The maximum Gasteiger partial charge on any atom is 0.343 e. The summed E-state index contributed by atoms with van der Waals surface area (Å²) in [4.78, 5) is 52.1. The van der Waals surface area contributed by atoms with E-state index in [0.717, 1.165) is 17.7 Å². The van der Waals surface area contributed by atoms with Crippen LogP contribution in [0.25, 0.3) is 0 Å². The second kappa shape index (κ2) is 17.7. The van der Waals surface area contributed by atoms with Gasteiger partial charge < -0.3 is 30.0 Å². The van der Waals surface area contributed by atoms with E-state index >= 15 is 0 Å². The van der Waals surface area contributed by atoms with E-state index in [0.29, 0.717) is 34.0 Å². The topological polar surface area (TPSA) is 140 Å². The van der Waals surface area contributed by atoms with Crippen LogP contribution in [0.5, 0.6) is 17.2 Å². The molecule has 48 heavy (non-hydrogen) atoms. The van der Waals surface area contributed by atoms with Crippen LogP contribution in [-0.4, -0.2) is 48.6 Å². The number of carboxylic acids is 1. The Hall–Kier alpha value is -5.16. The highest BCUT2D eigenvalue weighted by atomic mass is 32.1. The lowest BCUT2D eigenvalue weighted by atomic mass is 10.0. The van der Waals surface area contributed by atoms with Crippen molar-refractivity contribution in [3.05, 3.63) is 105 Å². The summed E-state index contributed by atoms with van der Waals surface area (Å²) < 4.78 is 16.8. The first-order valence-electron chi connectivity index (χ1n) is 15.8. The molecule has 0 spiro atoms. The number of carbonyl (C=O) groups excluding carboxylic acids is 3. The maximum absolute atomic E-state index is 13.0. The quantitative estimate of drug-likeness (QED) is 0.0603. The molecule has 1 unspecified atom stereocenters. The number of carboxylic acid groups (broad SMARTS) is 1. The van der Waals surface area contributed by atoms with E-state index in [1.165, 1.54) is 55.9 Å². The average Bonchev–Trinajstić information content (AvgIpc) is 3.53. The van der Waals surface area contributed by atoms with Crippen molar-refractivity contribution in [2.24, 2.45) is 0 Å². The smallest absolute Gasteiger partial charge is 0.343 e. The third kappa shape index (κ3) is 10.4. The van der Waals surface area contributed by atoms with Gasteiger partial charge in [-0.25, -0.2) is 9.59 Å². The Morgan fingerprint density at radius 3 is 2.29 bits per heavy atom. The molecule has 0 fully saturated rings. The van der Waals surface area contributed by atoms with E-state index in [4.69, 9.17) is 14.2 Å². The van der Waals surface area contributed by atoms with Gasteiger partial charge in [0, 0.05) is 22.5 Å². The second-order valence-electron chi connectivity index (χ2n) is 11.2. The Morgan fingerprint density at radius 2 is 1.60 bits per heavy atom. The summed E-state index contributed by atoms with van der Waals surface area (Å²) in [6.45, 7) is 4.70. The molecule has 0 bridgehead atoms. The van der Waals surface area contributed by atoms with Crippen LogP contribution < -0.4 is 24.8 Å². The number of rotatable bonds is 17. The fraction of sp³-hybridized carbons (Fsp3) is 0.297. The van der Waals surface area contributed by atoms with Gasteiger partial charge in [-0.15, -0.1) is 11.3 Å². The lowest BCUT2D eigenvalue weighted by molar-refractivity contribution is -0.139. The summed E-state index contributed by atoms with van der Waals surface area (Å²) in [5.41, 5.74) is 1.44. The fourth-order valence-electron chi connectivity index (χ4n) is 4.83. The molecular formula is C37H40N2O8S. The normalized spacial score (nSPS) is 11.3. The lowest BCUT2D eigenvalue weighted by Crippen LogP contribution is -2.42. The van der Waals surface area contributed by atoms with Gasteiger partial charge in [0.25, 0.3) is 11.8 Å². The van der Waals surface area contributed by atoms with Crippen molar-refractivity contribution in [3.8, 4) is 17.2 Å². The molecule has 252 valence electrons. The zero-order chi connectivity index (χ0) is 34.5. The number of nitrogens with one attached hydrogen (secondary N) is 2. The first-order valence-corrected chi connectivity index (χ1v) is 16.6. The molecule has 3 aromatic carbocycles. The van der Waals surface area contributed by atoms with Crippen LogP contribution in [0.4, 0.5) is 5.69 Å². The van der Waals surface area contributed by atoms with Crippen LogP contribution in [-0.2, 0) is 11.2 Å². The summed E-state index contributed by atoms with van der Waals surface area (Å²) in [5.74, 6) is -1.69. The van der Waals surface area contributed by atoms with Gasteiger partial charge in [-0.3, -0.25) is 9.59 Å². The number of methoxy groups -OCH3 is 1. The highest BCUT2D eigenvalue weighted by Gasteiger charge is 2.23. The van der Waals surface area contributed by atoms with Gasteiger partial charge in [-0.1, -0.05) is 44.7 Å². The van der Waals surface area contributed by atoms with Crippen molar-refractivity contribution < 1.29 is 38.5 Å². The standard InChI is InChI=1S/C37H40N2O8S/c1-4-5-6-7-8-20-46-29-16-14-26(15-17-29)37(44)47-31-18-13-25(22-32(31)45-3)21-30(36(42)43)39-34(40)27-10-9-11-28(23-27)38-35(41)33-19-12-24(2)48-33/h9-19,22-23,30H,4-8,20-21H2,1-3H3,(H,38,41)(H,39,40)(H,42,43). The molecule has 0 aliphatic heterocycles. The van der Waals surface area contributed by atoms with Crippen LogP contribution in [0.1, 0.15) is 79.9 Å². The highest BCUT2D eigenvalue weighted by molar-refractivity contribution is 7.14. The Balaban J connectivity index is 1.34. The SMILES string of the molecule is CCCCCCCOc1ccc(C(=O)Oc2ccc(CC(NC(=O)c3cccc(NC(=O)c4ccc(C)s4)c3)C(=O)O)cc2OC)cc1.